The van der Waals surface area contributed by atoms with Gasteiger partial charge >= 0.3 is 0 Å². The van der Waals surface area contributed by atoms with Crippen LogP contribution in [-0.4, -0.2) is 12.0 Å². The van der Waals surface area contributed by atoms with E-state index in [0.29, 0.717) is 16.7 Å². The van der Waals surface area contributed by atoms with Crippen molar-refractivity contribution in [3.05, 3.63) is 65.7 Å². The van der Waals surface area contributed by atoms with Crippen molar-refractivity contribution in [3.8, 4) is 0 Å². The molecule has 0 saturated carbocycles. The number of nitrogens with zero attached hydrogens (tertiary/aromatic N) is 1. The van der Waals surface area contributed by atoms with E-state index in [2.05, 4.69) is 10.3 Å². The van der Waals surface area contributed by atoms with Crippen LogP contribution in [0.3, 0.4) is 0 Å². The topological polar surface area (TPSA) is 38.1 Å². The molecule has 2 aromatic heterocycles. The molecule has 1 aromatic carbocycles. The lowest BCUT2D eigenvalue weighted by molar-refractivity contribution is 0.467. The molecule has 0 bridgehead atoms. The third-order valence-corrected chi connectivity index (χ3v) is 3.13. The van der Waals surface area contributed by atoms with Gasteiger partial charge in [0.25, 0.3) is 0 Å². The highest BCUT2D eigenvalue weighted by Gasteiger charge is 2.21. The van der Waals surface area contributed by atoms with Crippen LogP contribution in [0.5, 0.6) is 0 Å². The highest BCUT2D eigenvalue weighted by Crippen LogP contribution is 2.28. The van der Waals surface area contributed by atoms with Gasteiger partial charge in [-0.15, -0.1) is 0 Å². The molecule has 0 amide bonds. The van der Waals surface area contributed by atoms with Crippen LogP contribution in [0.1, 0.15) is 17.5 Å². The van der Waals surface area contributed by atoms with Crippen LogP contribution in [0.15, 0.2) is 47.0 Å². The van der Waals surface area contributed by atoms with Crippen molar-refractivity contribution in [2.45, 2.75) is 6.04 Å². The summed E-state index contributed by atoms with van der Waals surface area (Å²) in [5.74, 6) is -0.265. The average molecular weight is 274 g/mol. The fraction of sp³-hybridized carbons (Fsp3) is 0.133. The summed E-state index contributed by atoms with van der Waals surface area (Å²) in [7, 11) is 1.69. The van der Waals surface area contributed by atoms with Crippen LogP contribution in [-0.2, 0) is 0 Å². The molecule has 2 heterocycles. The SMILES string of the molecule is CNC(c1cc2cc(F)ccc2o1)c1ncccc1F. The maximum Gasteiger partial charge on any atom is 0.146 e. The summed E-state index contributed by atoms with van der Waals surface area (Å²) < 4.78 is 32.7. The second-order valence-electron chi connectivity index (χ2n) is 4.42. The molecule has 0 fully saturated rings. The summed E-state index contributed by atoms with van der Waals surface area (Å²) in [5.41, 5.74) is 0.799. The molecule has 5 heteroatoms. The van der Waals surface area contributed by atoms with Crippen LogP contribution >= 0.6 is 0 Å². The Labute approximate surface area is 114 Å². The first kappa shape index (κ1) is 12.7. The van der Waals surface area contributed by atoms with Gasteiger partial charge in [0.2, 0.25) is 0 Å². The number of furan rings is 1. The molecule has 0 spiro atoms. The van der Waals surface area contributed by atoms with Gasteiger partial charge in [0.1, 0.15) is 34.7 Å². The van der Waals surface area contributed by atoms with Crippen LogP contribution < -0.4 is 5.32 Å². The summed E-state index contributed by atoms with van der Waals surface area (Å²) in [4.78, 5) is 4.04. The minimum absolute atomic E-state index is 0.245. The van der Waals surface area contributed by atoms with Gasteiger partial charge in [0.15, 0.2) is 0 Å². The number of halogens is 2. The second-order valence-corrected chi connectivity index (χ2v) is 4.42. The largest absolute Gasteiger partial charge is 0.459 e. The van der Waals surface area contributed by atoms with Gasteiger partial charge in [-0.2, -0.15) is 0 Å². The van der Waals surface area contributed by atoms with Gasteiger partial charge in [-0.25, -0.2) is 8.78 Å². The van der Waals surface area contributed by atoms with Gasteiger partial charge in [0.05, 0.1) is 0 Å². The quantitative estimate of drug-likeness (QED) is 0.795. The molecule has 102 valence electrons. The molecule has 1 atom stereocenters. The fourth-order valence-electron chi connectivity index (χ4n) is 2.20. The molecular weight excluding hydrogens is 262 g/mol. The van der Waals surface area contributed by atoms with Crippen molar-refractivity contribution >= 4 is 11.0 Å². The van der Waals surface area contributed by atoms with Crippen LogP contribution in [0, 0.1) is 11.6 Å². The first-order chi connectivity index (χ1) is 9.69. The van der Waals surface area contributed by atoms with Gasteiger partial charge in [-0.1, -0.05) is 0 Å². The Morgan fingerprint density at radius 3 is 2.80 bits per heavy atom. The number of rotatable bonds is 3. The van der Waals surface area contributed by atoms with E-state index in [4.69, 9.17) is 4.42 Å². The lowest BCUT2D eigenvalue weighted by Gasteiger charge is -2.13. The summed E-state index contributed by atoms with van der Waals surface area (Å²) in [6.45, 7) is 0. The molecular formula is C15H12F2N2O. The number of hydrogen-bond donors (Lipinski definition) is 1. The summed E-state index contributed by atoms with van der Waals surface area (Å²) in [6, 6.07) is 8.29. The first-order valence-electron chi connectivity index (χ1n) is 6.15. The number of fused-ring (bicyclic) bond motifs is 1. The van der Waals surface area contributed by atoms with Crippen LogP contribution in [0.2, 0.25) is 0 Å². The van der Waals surface area contributed by atoms with E-state index in [1.54, 1.807) is 19.2 Å². The zero-order chi connectivity index (χ0) is 14.1. The monoisotopic (exact) mass is 274 g/mol. The molecule has 0 aliphatic heterocycles. The first-order valence-corrected chi connectivity index (χ1v) is 6.15. The smallest absolute Gasteiger partial charge is 0.146 e. The van der Waals surface area contributed by atoms with E-state index >= 15 is 0 Å². The standard InChI is InChI=1S/C15H12F2N2O/c1-18-15(14-11(17)3-2-6-19-14)13-8-9-7-10(16)4-5-12(9)20-13/h2-8,15,18H,1H3. The Kier molecular flexibility index (Phi) is 3.20. The van der Waals surface area contributed by atoms with Crippen molar-refractivity contribution in [1.29, 1.82) is 0 Å². The number of benzene rings is 1. The Balaban J connectivity index is 2.10. The molecule has 1 N–H and O–H groups in total. The molecule has 0 radical (unpaired) electrons. The average Bonchev–Trinajstić information content (AvgIpc) is 2.84. The Bertz CT molecular complexity index is 754. The Morgan fingerprint density at radius 2 is 2.05 bits per heavy atom. The number of aromatic nitrogens is 1. The molecule has 3 nitrogen and oxygen atoms in total. The summed E-state index contributed by atoms with van der Waals surface area (Å²) in [6.07, 6.45) is 1.52. The minimum Gasteiger partial charge on any atom is -0.459 e. The zero-order valence-electron chi connectivity index (χ0n) is 10.7. The summed E-state index contributed by atoms with van der Waals surface area (Å²) in [5, 5.41) is 3.60. The predicted octanol–water partition coefficient (Wildman–Crippen LogP) is 3.41. The van der Waals surface area contributed by atoms with Crippen LogP contribution in [0.4, 0.5) is 8.78 Å². The maximum absolute atomic E-state index is 13.8. The fourth-order valence-corrected chi connectivity index (χ4v) is 2.20. The Hall–Kier alpha value is -2.27. The molecule has 0 aliphatic rings. The van der Waals surface area contributed by atoms with Crippen molar-refractivity contribution in [1.82, 2.24) is 10.3 Å². The molecule has 20 heavy (non-hydrogen) atoms. The lowest BCUT2D eigenvalue weighted by Crippen LogP contribution is -2.19. The molecule has 1 unspecified atom stereocenters. The van der Waals surface area contributed by atoms with Crippen molar-refractivity contribution in [3.63, 3.8) is 0 Å². The summed E-state index contributed by atoms with van der Waals surface area (Å²) >= 11 is 0. The van der Waals surface area contributed by atoms with Crippen molar-refractivity contribution in [2.24, 2.45) is 0 Å². The Morgan fingerprint density at radius 1 is 1.20 bits per heavy atom. The number of nitrogens with one attached hydrogen (secondary N) is 1. The van der Waals surface area contributed by atoms with E-state index < -0.39 is 11.9 Å². The van der Waals surface area contributed by atoms with Crippen LogP contribution in [0.25, 0.3) is 11.0 Å². The predicted molar refractivity (Wildman–Crippen MR) is 71.3 cm³/mol. The number of hydrogen-bond acceptors (Lipinski definition) is 3. The third kappa shape index (κ3) is 2.16. The zero-order valence-corrected chi connectivity index (χ0v) is 10.7. The van der Waals surface area contributed by atoms with E-state index in [0.717, 1.165) is 0 Å². The van der Waals surface area contributed by atoms with Gasteiger partial charge in [0, 0.05) is 11.6 Å². The van der Waals surface area contributed by atoms with Gasteiger partial charge < -0.3 is 9.73 Å². The van der Waals surface area contributed by atoms with E-state index in [9.17, 15) is 8.78 Å². The molecule has 3 rings (SSSR count). The van der Waals surface area contributed by atoms with Crippen molar-refractivity contribution < 1.29 is 13.2 Å². The molecule has 0 saturated heterocycles. The van der Waals surface area contributed by atoms with Gasteiger partial charge in [-0.3, -0.25) is 4.98 Å². The van der Waals surface area contributed by atoms with Gasteiger partial charge in [-0.05, 0) is 43.4 Å². The van der Waals surface area contributed by atoms with E-state index in [1.165, 1.54) is 30.5 Å². The highest BCUT2D eigenvalue weighted by molar-refractivity contribution is 5.78. The second kappa shape index (κ2) is 5.02. The molecule has 0 aliphatic carbocycles. The maximum atomic E-state index is 13.8. The minimum atomic E-state index is -0.522. The van der Waals surface area contributed by atoms with E-state index in [1.807, 2.05) is 0 Å². The molecule has 3 aromatic rings. The van der Waals surface area contributed by atoms with E-state index in [-0.39, 0.29) is 11.5 Å². The highest BCUT2D eigenvalue weighted by atomic mass is 19.1. The third-order valence-electron chi connectivity index (χ3n) is 3.13. The normalized spacial score (nSPS) is 12.8. The number of pyridine rings is 1. The lowest BCUT2D eigenvalue weighted by atomic mass is 10.1. The van der Waals surface area contributed by atoms with Crippen molar-refractivity contribution in [2.75, 3.05) is 7.05 Å².